The molecule has 6 heteroatoms. The third kappa shape index (κ3) is 7.13. The molecule has 0 aliphatic rings. The Bertz CT molecular complexity index is 672. The molecule has 5 nitrogen and oxygen atoms in total. The zero-order valence-electron chi connectivity index (χ0n) is 14.6. The van der Waals surface area contributed by atoms with Gasteiger partial charge in [-0.05, 0) is 30.2 Å². The maximum atomic E-state index is 11.7. The van der Waals surface area contributed by atoms with Crippen molar-refractivity contribution in [3.05, 3.63) is 71.3 Å². The van der Waals surface area contributed by atoms with Crippen molar-refractivity contribution in [1.82, 2.24) is 16.0 Å². The van der Waals surface area contributed by atoms with Gasteiger partial charge in [-0.25, -0.2) is 0 Å². The van der Waals surface area contributed by atoms with Crippen LogP contribution in [-0.2, 0) is 13.1 Å². The van der Waals surface area contributed by atoms with Crippen LogP contribution in [0.5, 0.6) is 0 Å². The Balaban J connectivity index is 0.00000312. The van der Waals surface area contributed by atoms with E-state index >= 15 is 0 Å². The van der Waals surface area contributed by atoms with Crippen molar-refractivity contribution < 1.29 is 4.79 Å². The molecule has 0 spiro atoms. The summed E-state index contributed by atoms with van der Waals surface area (Å²) in [5.74, 6) is 0.698. The first-order chi connectivity index (χ1) is 11.7. The molecule has 0 aromatic heterocycles. The van der Waals surface area contributed by atoms with E-state index < -0.39 is 0 Å². The fourth-order valence-electron chi connectivity index (χ4n) is 2.22. The lowest BCUT2D eigenvalue weighted by Gasteiger charge is -2.12. The van der Waals surface area contributed by atoms with E-state index in [1.165, 1.54) is 5.56 Å². The number of nitrogens with one attached hydrogen (secondary N) is 3. The molecule has 2 rings (SSSR count). The monoisotopic (exact) mass is 452 g/mol. The van der Waals surface area contributed by atoms with Crippen LogP contribution in [0, 0.1) is 0 Å². The lowest BCUT2D eigenvalue weighted by Crippen LogP contribution is -2.36. The van der Waals surface area contributed by atoms with Crippen molar-refractivity contribution in [2.45, 2.75) is 20.0 Å². The lowest BCUT2D eigenvalue weighted by molar-refractivity contribution is 0.0956. The number of aliphatic imine (C=N–C) groups is 1. The van der Waals surface area contributed by atoms with Crippen LogP contribution in [0.1, 0.15) is 28.4 Å². The highest BCUT2D eigenvalue weighted by atomic mass is 127. The number of hydrogen-bond acceptors (Lipinski definition) is 2. The van der Waals surface area contributed by atoms with E-state index in [0.29, 0.717) is 18.7 Å². The Hall–Kier alpha value is -2.09. The third-order valence-electron chi connectivity index (χ3n) is 3.54. The van der Waals surface area contributed by atoms with Gasteiger partial charge in [-0.2, -0.15) is 0 Å². The zero-order valence-corrected chi connectivity index (χ0v) is 16.9. The number of guanidine groups is 1. The molecule has 1 amide bonds. The number of carbonyl (C=O) groups excluding carboxylic acids is 1. The molecule has 3 N–H and O–H groups in total. The van der Waals surface area contributed by atoms with Gasteiger partial charge in [-0.1, -0.05) is 42.5 Å². The Morgan fingerprint density at radius 1 is 0.880 bits per heavy atom. The van der Waals surface area contributed by atoms with Crippen LogP contribution >= 0.6 is 24.0 Å². The number of amides is 1. The summed E-state index contributed by atoms with van der Waals surface area (Å²) in [5, 5.41) is 9.33. The Morgan fingerprint density at radius 2 is 1.44 bits per heavy atom. The van der Waals surface area contributed by atoms with Crippen molar-refractivity contribution in [2.75, 3.05) is 13.6 Å². The summed E-state index contributed by atoms with van der Waals surface area (Å²) in [7, 11) is 1.75. The molecule has 134 valence electrons. The van der Waals surface area contributed by atoms with Crippen LogP contribution in [0.15, 0.2) is 59.6 Å². The molecule has 0 heterocycles. The summed E-state index contributed by atoms with van der Waals surface area (Å²) in [6.07, 6.45) is 0. The van der Waals surface area contributed by atoms with Gasteiger partial charge in [-0.3, -0.25) is 9.79 Å². The molecule has 25 heavy (non-hydrogen) atoms. The highest BCUT2D eigenvalue weighted by Gasteiger charge is 2.04. The first-order valence-corrected chi connectivity index (χ1v) is 8.08. The summed E-state index contributed by atoms with van der Waals surface area (Å²) >= 11 is 0. The number of nitrogens with zero attached hydrogens (tertiary/aromatic N) is 1. The minimum absolute atomic E-state index is 0. The number of halogens is 1. The Labute approximate surface area is 166 Å². The van der Waals surface area contributed by atoms with Gasteiger partial charge in [0.25, 0.3) is 5.91 Å². The second kappa shape index (κ2) is 11.5. The molecule has 0 fully saturated rings. The van der Waals surface area contributed by atoms with Gasteiger partial charge in [0, 0.05) is 32.2 Å². The van der Waals surface area contributed by atoms with E-state index in [2.05, 4.69) is 33.1 Å². The second-order valence-electron chi connectivity index (χ2n) is 5.32. The molecule has 0 saturated carbocycles. The first kappa shape index (κ1) is 21.0. The molecule has 0 unspecified atom stereocenters. The van der Waals surface area contributed by atoms with Crippen LogP contribution in [-0.4, -0.2) is 25.5 Å². The molecule has 2 aromatic rings. The Kier molecular flexibility index (Phi) is 9.61. The van der Waals surface area contributed by atoms with Gasteiger partial charge in [0.15, 0.2) is 5.96 Å². The van der Waals surface area contributed by atoms with Crippen LogP contribution in [0.3, 0.4) is 0 Å². The predicted molar refractivity (Wildman–Crippen MR) is 113 cm³/mol. The summed E-state index contributed by atoms with van der Waals surface area (Å²) < 4.78 is 0. The van der Waals surface area contributed by atoms with Gasteiger partial charge in [-0.15, -0.1) is 24.0 Å². The van der Waals surface area contributed by atoms with Gasteiger partial charge in [0.1, 0.15) is 0 Å². The highest BCUT2D eigenvalue weighted by molar-refractivity contribution is 14.0. The van der Waals surface area contributed by atoms with E-state index in [9.17, 15) is 4.79 Å². The van der Waals surface area contributed by atoms with Gasteiger partial charge in [0.2, 0.25) is 0 Å². The molecule has 0 bridgehead atoms. The number of benzene rings is 2. The fraction of sp³-hybridized carbons (Fsp3) is 0.263. The molecule has 0 atom stereocenters. The number of carbonyl (C=O) groups is 1. The van der Waals surface area contributed by atoms with E-state index in [0.717, 1.165) is 18.1 Å². The van der Waals surface area contributed by atoms with Crippen LogP contribution in [0.25, 0.3) is 0 Å². The third-order valence-corrected chi connectivity index (χ3v) is 3.54. The summed E-state index contributed by atoms with van der Waals surface area (Å²) in [6, 6.07) is 17.7. The second-order valence-corrected chi connectivity index (χ2v) is 5.32. The van der Waals surface area contributed by atoms with Gasteiger partial charge < -0.3 is 16.0 Å². The summed E-state index contributed by atoms with van der Waals surface area (Å²) in [4.78, 5) is 16.0. The van der Waals surface area contributed by atoms with E-state index in [-0.39, 0.29) is 29.9 Å². The quantitative estimate of drug-likeness (QED) is 0.359. The maximum absolute atomic E-state index is 11.7. The van der Waals surface area contributed by atoms with E-state index in [1.54, 1.807) is 7.05 Å². The van der Waals surface area contributed by atoms with Crippen LogP contribution in [0.2, 0.25) is 0 Å². The van der Waals surface area contributed by atoms with Crippen molar-refractivity contribution in [2.24, 2.45) is 4.99 Å². The maximum Gasteiger partial charge on any atom is 0.251 e. The average molecular weight is 452 g/mol. The average Bonchev–Trinajstić information content (AvgIpc) is 2.63. The minimum Gasteiger partial charge on any atom is -0.352 e. The van der Waals surface area contributed by atoms with Gasteiger partial charge in [0.05, 0.1) is 0 Å². The molecule has 0 radical (unpaired) electrons. The minimum atomic E-state index is -0.0441. The summed E-state index contributed by atoms with van der Waals surface area (Å²) in [5.41, 5.74) is 2.96. The molecule has 0 saturated heterocycles. The van der Waals surface area contributed by atoms with E-state index in [1.807, 2.05) is 49.4 Å². The summed E-state index contributed by atoms with van der Waals surface area (Å²) in [6.45, 7) is 3.90. The van der Waals surface area contributed by atoms with Crippen molar-refractivity contribution in [3.63, 3.8) is 0 Å². The van der Waals surface area contributed by atoms with Crippen molar-refractivity contribution in [3.8, 4) is 0 Å². The topological polar surface area (TPSA) is 65.5 Å². The Morgan fingerprint density at radius 3 is 1.96 bits per heavy atom. The SMILES string of the molecule is CCNC(=O)c1ccc(CNC(=NC)NCc2ccccc2)cc1.I. The van der Waals surface area contributed by atoms with E-state index in [4.69, 9.17) is 0 Å². The molecule has 0 aliphatic heterocycles. The molecule has 2 aromatic carbocycles. The highest BCUT2D eigenvalue weighted by Crippen LogP contribution is 2.04. The van der Waals surface area contributed by atoms with Crippen molar-refractivity contribution >= 4 is 35.8 Å². The van der Waals surface area contributed by atoms with Crippen molar-refractivity contribution in [1.29, 1.82) is 0 Å². The van der Waals surface area contributed by atoms with Gasteiger partial charge >= 0.3 is 0 Å². The predicted octanol–water partition coefficient (Wildman–Crippen LogP) is 2.92. The lowest BCUT2D eigenvalue weighted by atomic mass is 10.1. The van der Waals surface area contributed by atoms with Crippen LogP contribution in [0.4, 0.5) is 0 Å². The number of hydrogen-bond donors (Lipinski definition) is 3. The normalized spacial score (nSPS) is 10.6. The molecular formula is C19H25IN4O. The smallest absolute Gasteiger partial charge is 0.251 e. The standard InChI is InChI=1S/C19H24N4O.HI/c1-3-21-18(24)17-11-9-16(10-12-17)14-23-19(20-2)22-13-15-7-5-4-6-8-15;/h4-12H,3,13-14H2,1-2H3,(H,21,24)(H2,20,22,23);1H. The fourth-order valence-corrected chi connectivity index (χ4v) is 2.22. The molecule has 0 aliphatic carbocycles. The first-order valence-electron chi connectivity index (χ1n) is 8.08. The largest absolute Gasteiger partial charge is 0.352 e. The molecular weight excluding hydrogens is 427 g/mol. The van der Waals surface area contributed by atoms with Crippen LogP contribution < -0.4 is 16.0 Å². The zero-order chi connectivity index (χ0) is 17.2. The number of rotatable bonds is 6.